The average Bonchev–Trinajstić information content (AvgIpc) is 2.96. The fraction of sp³-hybridized carbons (Fsp3) is 0.350. The molecule has 27 heavy (non-hydrogen) atoms. The molecule has 1 aliphatic heterocycles. The minimum atomic E-state index is 0.146. The summed E-state index contributed by atoms with van der Waals surface area (Å²) >= 11 is 3.42. The molecule has 1 heterocycles. The fourth-order valence-electron chi connectivity index (χ4n) is 2.90. The van der Waals surface area contributed by atoms with E-state index in [1.54, 1.807) is 12.0 Å². The van der Waals surface area contributed by atoms with Gasteiger partial charge in [-0.05, 0) is 35.9 Å². The summed E-state index contributed by atoms with van der Waals surface area (Å²) < 4.78 is 17.9. The van der Waals surface area contributed by atoms with Crippen LogP contribution < -0.4 is 14.2 Å². The lowest BCUT2D eigenvalue weighted by Crippen LogP contribution is -2.22. The first-order chi connectivity index (χ1) is 13.0. The van der Waals surface area contributed by atoms with Crippen molar-refractivity contribution >= 4 is 21.8 Å². The van der Waals surface area contributed by atoms with E-state index in [9.17, 15) is 4.79 Å². The zero-order valence-electron chi connectivity index (χ0n) is 15.5. The van der Waals surface area contributed by atoms with E-state index in [1.165, 1.54) is 0 Å². The van der Waals surface area contributed by atoms with Gasteiger partial charge in [0, 0.05) is 18.1 Å². The highest BCUT2D eigenvalue weighted by Gasteiger charge is 2.24. The van der Waals surface area contributed by atoms with Crippen molar-refractivity contribution in [3.8, 4) is 17.2 Å². The summed E-state index contributed by atoms with van der Waals surface area (Å²) in [6.07, 6.45) is 0. The van der Waals surface area contributed by atoms with Crippen molar-refractivity contribution in [2.45, 2.75) is 6.54 Å². The molecule has 2 aromatic carbocycles. The van der Waals surface area contributed by atoms with E-state index >= 15 is 0 Å². The third kappa shape index (κ3) is 5.37. The van der Waals surface area contributed by atoms with Gasteiger partial charge in [0.1, 0.15) is 19.0 Å². The number of amides is 1. The lowest BCUT2D eigenvalue weighted by atomic mass is 10.2. The maximum Gasteiger partial charge on any atom is 0.237 e. The van der Waals surface area contributed by atoms with E-state index < -0.39 is 0 Å². The first-order valence-electron chi connectivity index (χ1n) is 8.69. The van der Waals surface area contributed by atoms with Crippen molar-refractivity contribution in [3.05, 3.63) is 52.5 Å². The maximum absolute atomic E-state index is 11.6. The Balaban J connectivity index is 1.52. The fourth-order valence-corrected chi connectivity index (χ4v) is 3.28. The molecular weight excluding hydrogens is 412 g/mol. The molecule has 1 fully saturated rings. The Morgan fingerprint density at radius 2 is 1.89 bits per heavy atom. The van der Waals surface area contributed by atoms with E-state index in [4.69, 9.17) is 14.2 Å². The molecule has 0 bridgehead atoms. The Morgan fingerprint density at radius 1 is 1.07 bits per heavy atom. The summed E-state index contributed by atoms with van der Waals surface area (Å²) in [7, 11) is 3.44. The zero-order chi connectivity index (χ0) is 19.2. The van der Waals surface area contributed by atoms with Crippen LogP contribution in [0, 0.1) is 0 Å². The van der Waals surface area contributed by atoms with E-state index in [-0.39, 0.29) is 5.91 Å². The van der Waals surface area contributed by atoms with Gasteiger partial charge < -0.3 is 19.1 Å². The monoisotopic (exact) mass is 434 g/mol. The number of nitrogens with zero attached hydrogens (tertiary/aromatic N) is 2. The number of benzene rings is 2. The van der Waals surface area contributed by atoms with E-state index in [0.717, 1.165) is 15.8 Å². The van der Waals surface area contributed by atoms with Crippen LogP contribution in [0.3, 0.4) is 0 Å². The predicted molar refractivity (Wildman–Crippen MR) is 106 cm³/mol. The molecule has 0 unspecified atom stereocenters. The Labute approximate surface area is 167 Å². The number of carbonyl (C=O) groups excluding carboxylic acids is 1. The second kappa shape index (κ2) is 9.10. The number of rotatable bonds is 8. The van der Waals surface area contributed by atoms with Crippen LogP contribution in [0.4, 0.5) is 0 Å². The maximum atomic E-state index is 11.6. The van der Waals surface area contributed by atoms with Crippen LogP contribution >= 0.6 is 15.9 Å². The molecule has 0 aromatic heterocycles. The normalized spacial score (nSPS) is 14.5. The number of hydrogen-bond acceptors (Lipinski definition) is 5. The molecule has 0 spiro atoms. The van der Waals surface area contributed by atoms with Gasteiger partial charge in [-0.1, -0.05) is 28.1 Å². The van der Waals surface area contributed by atoms with E-state index in [1.807, 2.05) is 49.5 Å². The van der Waals surface area contributed by atoms with Crippen molar-refractivity contribution in [2.75, 3.05) is 40.6 Å². The smallest absolute Gasteiger partial charge is 0.237 e. The number of hydrogen-bond donors (Lipinski definition) is 0. The molecule has 0 aliphatic carbocycles. The van der Waals surface area contributed by atoms with E-state index in [2.05, 4.69) is 20.8 Å². The lowest BCUT2D eigenvalue weighted by molar-refractivity contribution is -0.125. The SMILES string of the molecule is COc1cc(CN2CC(=O)N(C)C2)ccc1OCCOc1cccc(Br)c1. The standard InChI is InChI=1S/C20H23BrN2O4/c1-22-14-23(13-20(22)24)12-15-6-7-18(19(10-15)25-2)27-9-8-26-17-5-3-4-16(21)11-17/h3-7,10-11H,8-9,12-14H2,1-2H3. The van der Waals surface area contributed by atoms with Crippen molar-refractivity contribution in [1.82, 2.24) is 9.80 Å². The quantitative estimate of drug-likeness (QED) is 0.597. The van der Waals surface area contributed by atoms with Crippen molar-refractivity contribution in [3.63, 3.8) is 0 Å². The van der Waals surface area contributed by atoms with Crippen LogP contribution in [0.15, 0.2) is 46.9 Å². The van der Waals surface area contributed by atoms with E-state index in [0.29, 0.717) is 44.5 Å². The minimum Gasteiger partial charge on any atom is -0.493 e. The first kappa shape index (κ1) is 19.5. The summed E-state index contributed by atoms with van der Waals surface area (Å²) in [5.74, 6) is 2.29. The molecule has 3 rings (SSSR count). The summed E-state index contributed by atoms with van der Waals surface area (Å²) in [6.45, 7) is 2.63. The third-order valence-electron chi connectivity index (χ3n) is 4.24. The van der Waals surface area contributed by atoms with Gasteiger partial charge in [0.2, 0.25) is 5.91 Å². The molecule has 1 aliphatic rings. The van der Waals surface area contributed by atoms with Gasteiger partial charge in [-0.15, -0.1) is 0 Å². The van der Waals surface area contributed by atoms with Crippen molar-refractivity contribution in [1.29, 1.82) is 0 Å². The zero-order valence-corrected chi connectivity index (χ0v) is 17.1. The molecule has 0 atom stereocenters. The second-order valence-corrected chi connectivity index (χ2v) is 7.28. The van der Waals surface area contributed by atoms with Gasteiger partial charge in [0.15, 0.2) is 11.5 Å². The molecule has 7 heteroatoms. The van der Waals surface area contributed by atoms with Crippen LogP contribution in [0.2, 0.25) is 0 Å². The molecule has 0 N–H and O–H groups in total. The topological polar surface area (TPSA) is 51.2 Å². The number of halogens is 1. The number of methoxy groups -OCH3 is 1. The van der Waals surface area contributed by atoms with Gasteiger partial charge >= 0.3 is 0 Å². The molecule has 144 valence electrons. The highest BCUT2D eigenvalue weighted by atomic mass is 79.9. The Bertz CT molecular complexity index is 799. The van der Waals surface area contributed by atoms with Gasteiger partial charge in [-0.3, -0.25) is 9.69 Å². The first-order valence-corrected chi connectivity index (χ1v) is 9.49. The van der Waals surface area contributed by atoms with Crippen LogP contribution in [0.5, 0.6) is 17.2 Å². The van der Waals surface area contributed by atoms with Gasteiger partial charge in [-0.2, -0.15) is 0 Å². The summed E-state index contributed by atoms with van der Waals surface area (Å²) in [5.41, 5.74) is 1.08. The lowest BCUT2D eigenvalue weighted by Gasteiger charge is -2.16. The molecule has 1 saturated heterocycles. The van der Waals surface area contributed by atoms with Crippen molar-refractivity contribution in [2.24, 2.45) is 0 Å². The second-order valence-electron chi connectivity index (χ2n) is 6.36. The summed E-state index contributed by atoms with van der Waals surface area (Å²) in [4.78, 5) is 15.5. The third-order valence-corrected chi connectivity index (χ3v) is 4.73. The molecule has 2 aromatic rings. The molecule has 6 nitrogen and oxygen atoms in total. The van der Waals surface area contributed by atoms with Gasteiger partial charge in [0.05, 0.1) is 20.3 Å². The largest absolute Gasteiger partial charge is 0.493 e. The predicted octanol–water partition coefficient (Wildman–Crippen LogP) is 3.15. The van der Waals surface area contributed by atoms with Crippen LogP contribution in [-0.2, 0) is 11.3 Å². The highest BCUT2D eigenvalue weighted by molar-refractivity contribution is 9.10. The molecule has 1 amide bonds. The van der Waals surface area contributed by atoms with Crippen LogP contribution in [0.1, 0.15) is 5.56 Å². The van der Waals surface area contributed by atoms with Crippen LogP contribution in [-0.4, -0.2) is 56.3 Å². The summed E-state index contributed by atoms with van der Waals surface area (Å²) in [5, 5.41) is 0. The Morgan fingerprint density at radius 3 is 2.59 bits per heavy atom. The number of ether oxygens (including phenoxy) is 3. The molecule has 0 saturated carbocycles. The number of carbonyl (C=O) groups is 1. The van der Waals surface area contributed by atoms with Gasteiger partial charge in [-0.25, -0.2) is 0 Å². The molecule has 0 radical (unpaired) electrons. The van der Waals surface area contributed by atoms with Gasteiger partial charge in [0.25, 0.3) is 0 Å². The highest BCUT2D eigenvalue weighted by Crippen LogP contribution is 2.29. The summed E-state index contributed by atoms with van der Waals surface area (Å²) in [6, 6.07) is 13.5. The number of likely N-dealkylation sites (N-methyl/N-ethyl adjacent to an activating group) is 1. The average molecular weight is 435 g/mol. The van der Waals surface area contributed by atoms with Crippen LogP contribution in [0.25, 0.3) is 0 Å². The Hall–Kier alpha value is -2.25. The van der Waals surface area contributed by atoms with Crippen molar-refractivity contribution < 1.29 is 19.0 Å². The minimum absolute atomic E-state index is 0.146. The molecular formula is C20H23BrN2O4. The Kier molecular flexibility index (Phi) is 6.58.